The summed E-state index contributed by atoms with van der Waals surface area (Å²) in [4.78, 5) is 79.0. The minimum absolute atomic E-state index is 0.108. The van der Waals surface area contributed by atoms with Crippen LogP contribution in [0.25, 0.3) is 33.4 Å². The van der Waals surface area contributed by atoms with Crippen LogP contribution in [-0.2, 0) is 52.8 Å². The highest BCUT2D eigenvalue weighted by molar-refractivity contribution is 5.96. The van der Waals surface area contributed by atoms with Gasteiger partial charge in [-0.2, -0.15) is 0 Å². The Kier molecular flexibility index (Phi) is 16.0. The van der Waals surface area contributed by atoms with Gasteiger partial charge >= 0.3 is 0 Å². The Labute approximate surface area is 382 Å². The number of likely N-dealkylation sites (tertiary alicyclic amines) is 1. The lowest BCUT2D eigenvalue weighted by Crippen LogP contribution is -2.59. The summed E-state index contributed by atoms with van der Waals surface area (Å²) < 4.78 is 13.4. The fourth-order valence-electron chi connectivity index (χ4n) is 9.37. The van der Waals surface area contributed by atoms with Gasteiger partial charge in [0.25, 0.3) is 12.4 Å². The predicted octanol–water partition coefficient (Wildman–Crippen LogP) is 5.91. The maximum atomic E-state index is 14.4. The number of hydrogen-bond acceptors (Lipinski definition) is 10. The van der Waals surface area contributed by atoms with E-state index in [1.165, 1.54) is 11.0 Å². The zero-order chi connectivity index (χ0) is 47.0. The Morgan fingerprint density at radius 3 is 2.54 bits per heavy atom. The molecule has 3 aromatic heterocycles. The van der Waals surface area contributed by atoms with Crippen molar-refractivity contribution >= 4 is 41.0 Å². The molecular formula is C50H66N8O7. The van der Waals surface area contributed by atoms with Crippen molar-refractivity contribution in [2.45, 2.75) is 98.4 Å². The zero-order valence-corrected chi connectivity index (χ0v) is 39.3. The van der Waals surface area contributed by atoms with E-state index in [-0.39, 0.29) is 49.3 Å². The quantitative estimate of drug-likeness (QED) is 0.0854. The molecule has 65 heavy (non-hydrogen) atoms. The lowest BCUT2D eigenvalue weighted by Gasteiger charge is -2.35. The highest BCUT2D eigenvalue weighted by Gasteiger charge is 2.39. The molecule has 0 radical (unpaired) electrons. The minimum Gasteiger partial charge on any atom is -0.467 e. The fourth-order valence-corrected chi connectivity index (χ4v) is 9.37. The van der Waals surface area contributed by atoms with Crippen LogP contribution in [0.1, 0.15) is 83.9 Å². The van der Waals surface area contributed by atoms with Crippen LogP contribution in [0, 0.1) is 17.3 Å². The van der Waals surface area contributed by atoms with Crippen molar-refractivity contribution in [1.82, 2.24) is 40.1 Å². The minimum atomic E-state index is -0.984. The number of aromatic nitrogens is 3. The van der Waals surface area contributed by atoms with Gasteiger partial charge in [0.05, 0.1) is 35.7 Å². The Morgan fingerprint density at radius 2 is 1.86 bits per heavy atom. The van der Waals surface area contributed by atoms with Crippen LogP contribution >= 0.6 is 0 Å². The zero-order valence-electron chi connectivity index (χ0n) is 39.3. The van der Waals surface area contributed by atoms with Crippen molar-refractivity contribution in [2.24, 2.45) is 17.3 Å². The van der Waals surface area contributed by atoms with Crippen LogP contribution < -0.4 is 10.7 Å². The van der Waals surface area contributed by atoms with E-state index in [0.717, 1.165) is 51.8 Å². The Bertz CT molecular complexity index is 2370. The smallest absolute Gasteiger partial charge is 0.293 e. The maximum Gasteiger partial charge on any atom is 0.293 e. The van der Waals surface area contributed by atoms with Gasteiger partial charge in [-0.3, -0.25) is 38.9 Å². The number of nitrogens with zero attached hydrogens (tertiary/aromatic N) is 6. The van der Waals surface area contributed by atoms with Gasteiger partial charge in [0, 0.05) is 92.6 Å². The van der Waals surface area contributed by atoms with Gasteiger partial charge in [-0.05, 0) is 93.5 Å². The first kappa shape index (κ1) is 48.5. The van der Waals surface area contributed by atoms with Crippen molar-refractivity contribution in [3.8, 4) is 22.5 Å². The van der Waals surface area contributed by atoms with Gasteiger partial charge in [0.1, 0.15) is 12.1 Å². The average Bonchev–Trinajstić information content (AvgIpc) is 3.93. The van der Waals surface area contributed by atoms with Crippen molar-refractivity contribution in [1.29, 1.82) is 0 Å². The lowest BCUT2D eigenvalue weighted by molar-refractivity contribution is -0.145. The Hall–Kier alpha value is -5.93. The molecule has 2 N–H and O–H groups in total. The summed E-state index contributed by atoms with van der Waals surface area (Å²) in [6.07, 6.45) is 5.71. The summed E-state index contributed by atoms with van der Waals surface area (Å²) >= 11 is 0. The molecule has 348 valence electrons. The van der Waals surface area contributed by atoms with Gasteiger partial charge < -0.3 is 29.2 Å². The molecule has 4 atom stereocenters. The number of benzene rings is 1. The van der Waals surface area contributed by atoms with Gasteiger partial charge in [0.15, 0.2) is 0 Å². The highest BCUT2D eigenvalue weighted by atomic mass is 16.5. The van der Waals surface area contributed by atoms with Gasteiger partial charge in [-0.1, -0.05) is 46.4 Å². The van der Waals surface area contributed by atoms with E-state index in [1.807, 2.05) is 45.0 Å². The molecule has 1 aromatic carbocycles. The molecule has 4 unspecified atom stereocenters. The van der Waals surface area contributed by atoms with Gasteiger partial charge in [-0.25, -0.2) is 5.43 Å². The van der Waals surface area contributed by atoms with Crippen molar-refractivity contribution in [2.75, 3.05) is 46.9 Å². The van der Waals surface area contributed by atoms with Crippen molar-refractivity contribution in [3.63, 3.8) is 0 Å². The second kappa shape index (κ2) is 21.4. The molecule has 0 spiro atoms. The molecule has 0 bridgehead atoms. The molecule has 6 rings (SSSR count). The van der Waals surface area contributed by atoms with E-state index in [9.17, 15) is 24.0 Å². The maximum absolute atomic E-state index is 14.4. The molecule has 0 saturated carbocycles. The average molecular weight is 891 g/mol. The van der Waals surface area contributed by atoms with Crippen LogP contribution in [-0.4, -0.2) is 118 Å². The van der Waals surface area contributed by atoms with Gasteiger partial charge in [-0.15, -0.1) is 0 Å². The molecule has 0 aliphatic carbocycles. The molecule has 4 aromatic rings. The molecular weight excluding hydrogens is 825 g/mol. The number of hydrazine groups is 1. The molecule has 15 nitrogen and oxygen atoms in total. The van der Waals surface area contributed by atoms with Crippen LogP contribution in [0.15, 0.2) is 67.4 Å². The first-order valence-electron chi connectivity index (χ1n) is 22.8. The van der Waals surface area contributed by atoms with Crippen molar-refractivity contribution in [3.05, 3.63) is 84.3 Å². The molecule has 4 amide bonds. The van der Waals surface area contributed by atoms with Crippen LogP contribution in [0.3, 0.4) is 0 Å². The summed E-state index contributed by atoms with van der Waals surface area (Å²) in [5.41, 5.74) is 9.87. The standard InChI is InChI=1S/C50H66N8O7/c1-10-43(60)56-25-21-35(29-56)48(62)55(8)45(32(3)4)47(61)54-41(49(63)58-24-13-12-23-52-58)27-36-16-14-18-40(53-36)34-19-20-42-38(26-34)39(28-50(6,7)30-65-31-59)46(57(42)11-2)37-17-15-22-51-44(37)33(5)64-9/h10,14-20,22,26,31-33,35,41,45,52H,1,11-13,21,23-25,27-30H2,2-9H3,(H,54,61). The summed E-state index contributed by atoms with van der Waals surface area (Å²) in [5.74, 6) is -1.90. The third-order valence-corrected chi connectivity index (χ3v) is 12.7. The number of amides is 4. The molecule has 2 aliphatic rings. The summed E-state index contributed by atoms with van der Waals surface area (Å²) in [7, 11) is 3.29. The van der Waals surface area contributed by atoms with Crippen molar-refractivity contribution < 1.29 is 33.4 Å². The Balaban J connectivity index is 1.35. The third kappa shape index (κ3) is 11.0. The van der Waals surface area contributed by atoms with Crippen LogP contribution in [0.5, 0.6) is 0 Å². The molecule has 2 aliphatic heterocycles. The Morgan fingerprint density at radius 1 is 1.08 bits per heavy atom. The summed E-state index contributed by atoms with van der Waals surface area (Å²) in [6, 6.07) is 14.2. The second-order valence-corrected chi connectivity index (χ2v) is 18.4. The summed E-state index contributed by atoms with van der Waals surface area (Å²) in [5, 5.41) is 5.66. The number of rotatable bonds is 19. The number of nitrogens with one attached hydrogen (secondary N) is 2. The summed E-state index contributed by atoms with van der Waals surface area (Å²) in [6.45, 7) is 18.8. The number of likely N-dealkylation sites (N-methyl/N-ethyl adjacent to an activating group) is 1. The predicted molar refractivity (Wildman–Crippen MR) is 250 cm³/mol. The number of ether oxygens (including phenoxy) is 2. The number of carbonyl (C=O) groups excluding carboxylic acids is 5. The monoisotopic (exact) mass is 891 g/mol. The molecule has 15 heteroatoms. The number of pyridine rings is 2. The van der Waals surface area contributed by atoms with Crippen LogP contribution in [0.2, 0.25) is 0 Å². The SMILES string of the molecule is C=CC(=O)N1CCC(C(=O)N(C)C(C(=O)NC(Cc2cccc(-c3ccc4c(c3)c(CC(C)(C)COC=O)c(-c3cccnc3C(C)OC)n4CC)n2)C(=O)N2CCCCN2)C(C)C)C1. The molecule has 5 heterocycles. The topological polar surface area (TPSA) is 168 Å². The van der Waals surface area contributed by atoms with Crippen LogP contribution in [0.4, 0.5) is 0 Å². The van der Waals surface area contributed by atoms with E-state index in [1.54, 1.807) is 30.3 Å². The van der Waals surface area contributed by atoms with Gasteiger partial charge in [0.2, 0.25) is 17.7 Å². The van der Waals surface area contributed by atoms with E-state index < -0.39 is 29.3 Å². The van der Waals surface area contributed by atoms with E-state index >= 15 is 0 Å². The fraction of sp³-hybridized carbons (Fsp3) is 0.500. The molecule has 2 fully saturated rings. The highest BCUT2D eigenvalue weighted by Crippen LogP contribution is 2.41. The van der Waals surface area contributed by atoms with E-state index in [0.29, 0.717) is 56.9 Å². The third-order valence-electron chi connectivity index (χ3n) is 12.7. The number of carbonyl (C=O) groups is 5. The van der Waals surface area contributed by atoms with E-state index in [4.69, 9.17) is 19.4 Å². The largest absolute Gasteiger partial charge is 0.467 e. The molecule has 2 saturated heterocycles. The van der Waals surface area contributed by atoms with E-state index in [2.05, 4.69) is 66.9 Å². The number of fused-ring (bicyclic) bond motifs is 1. The second-order valence-electron chi connectivity index (χ2n) is 18.4. The lowest BCUT2D eigenvalue weighted by atomic mass is 9.84. The normalized spacial score (nSPS) is 16.8. The number of aryl methyl sites for hydroxylation is 1. The first-order chi connectivity index (χ1) is 31.1. The first-order valence-corrected chi connectivity index (χ1v) is 22.8. The number of hydrogen-bond donors (Lipinski definition) is 2. The number of methoxy groups -OCH3 is 1.